The fourth-order valence-corrected chi connectivity index (χ4v) is 2.24. The van der Waals surface area contributed by atoms with Gasteiger partial charge in [-0.15, -0.1) is 0 Å². The quantitative estimate of drug-likeness (QED) is 0.749. The number of furan rings is 1. The molecule has 0 bridgehead atoms. The van der Waals surface area contributed by atoms with Crippen molar-refractivity contribution in [1.82, 2.24) is 0 Å². The van der Waals surface area contributed by atoms with E-state index in [2.05, 4.69) is 28.9 Å². The lowest BCUT2D eigenvalue weighted by Crippen LogP contribution is -1.79. The molecule has 0 unspecified atom stereocenters. The van der Waals surface area contributed by atoms with Crippen molar-refractivity contribution >= 4 is 21.5 Å². The molecule has 1 aromatic rings. The molecule has 0 N–H and O–H groups in total. The van der Waals surface area contributed by atoms with Gasteiger partial charge in [-0.1, -0.05) is 19.4 Å². The number of fused-ring (bicyclic) bond motifs is 1. The van der Waals surface area contributed by atoms with Crippen molar-refractivity contribution in [3.63, 3.8) is 0 Å². The highest BCUT2D eigenvalue weighted by atomic mass is 79.9. The van der Waals surface area contributed by atoms with E-state index in [4.69, 9.17) is 4.42 Å². The van der Waals surface area contributed by atoms with Crippen molar-refractivity contribution in [3.05, 3.63) is 28.1 Å². The molecule has 0 spiro atoms. The summed E-state index contributed by atoms with van der Waals surface area (Å²) in [5.41, 5.74) is 2.74. The van der Waals surface area contributed by atoms with Crippen LogP contribution < -0.4 is 0 Å². The molecule has 1 nitrogen and oxygen atoms in total. The predicted molar refractivity (Wildman–Crippen MR) is 53.0 cm³/mol. The third kappa shape index (κ3) is 1.14. The van der Waals surface area contributed by atoms with Crippen LogP contribution in [0.3, 0.4) is 0 Å². The largest absolute Gasteiger partial charge is 0.467 e. The van der Waals surface area contributed by atoms with Crippen LogP contribution in [-0.4, -0.2) is 0 Å². The molecule has 1 aromatic heterocycles. The summed E-state index contributed by atoms with van der Waals surface area (Å²) in [6.07, 6.45) is 7.38. The van der Waals surface area contributed by atoms with Gasteiger partial charge in [-0.2, -0.15) is 0 Å². The molecule has 0 radical (unpaired) electrons. The minimum Gasteiger partial charge on any atom is -0.467 e. The Balaban J connectivity index is 2.36. The molecule has 1 heterocycles. The summed E-state index contributed by atoms with van der Waals surface area (Å²) in [5, 5.41) is 0. The maximum atomic E-state index is 5.38. The average Bonchev–Trinajstić information content (AvgIpc) is 2.58. The Kier molecular flexibility index (Phi) is 2.09. The predicted octanol–water partition coefficient (Wildman–Crippen LogP) is 3.78. The monoisotopic (exact) mass is 226 g/mol. The molecule has 0 aromatic carbocycles. The average molecular weight is 227 g/mol. The highest BCUT2D eigenvalue weighted by molar-refractivity contribution is 9.10. The summed E-state index contributed by atoms with van der Waals surface area (Å²) in [6.45, 7) is 2.20. The van der Waals surface area contributed by atoms with Crippen molar-refractivity contribution < 1.29 is 4.42 Å². The highest BCUT2D eigenvalue weighted by Crippen LogP contribution is 2.37. The molecular formula is C10H11BrO. The van der Waals surface area contributed by atoms with Gasteiger partial charge in [0, 0.05) is 12.0 Å². The molecule has 0 saturated heterocycles. The smallest absolute Gasteiger partial charge is 0.116 e. The van der Waals surface area contributed by atoms with Gasteiger partial charge in [0.1, 0.15) is 12.0 Å². The van der Waals surface area contributed by atoms with Crippen molar-refractivity contribution in [2.75, 3.05) is 0 Å². The second-order valence-corrected chi connectivity index (χ2v) is 3.92. The van der Waals surface area contributed by atoms with Crippen LogP contribution in [0.1, 0.15) is 31.1 Å². The van der Waals surface area contributed by atoms with E-state index >= 15 is 0 Å². The maximum Gasteiger partial charge on any atom is 0.116 e. The fraction of sp³-hybridized carbons (Fsp3) is 0.400. The molecule has 0 amide bonds. The first kappa shape index (κ1) is 8.11. The Labute approximate surface area is 80.6 Å². The first-order valence-corrected chi connectivity index (χ1v) is 5.07. The third-order valence-electron chi connectivity index (χ3n) is 2.20. The molecule has 0 aliphatic heterocycles. The Hall–Kier alpha value is -0.500. The lowest BCUT2D eigenvalue weighted by atomic mass is 10.1. The van der Waals surface area contributed by atoms with Crippen LogP contribution in [0.5, 0.6) is 0 Å². The van der Waals surface area contributed by atoms with E-state index in [1.807, 2.05) is 0 Å². The van der Waals surface area contributed by atoms with Crippen LogP contribution in [0.2, 0.25) is 0 Å². The van der Waals surface area contributed by atoms with Crippen molar-refractivity contribution in [3.8, 4) is 0 Å². The third-order valence-corrected chi connectivity index (χ3v) is 2.78. The van der Waals surface area contributed by atoms with E-state index < -0.39 is 0 Å². The highest BCUT2D eigenvalue weighted by Gasteiger charge is 2.19. The maximum absolute atomic E-state index is 5.38. The van der Waals surface area contributed by atoms with Gasteiger partial charge >= 0.3 is 0 Å². The van der Waals surface area contributed by atoms with E-state index in [0.717, 1.165) is 23.1 Å². The normalized spacial score (nSPS) is 14.7. The topological polar surface area (TPSA) is 13.1 Å². The van der Waals surface area contributed by atoms with Gasteiger partial charge < -0.3 is 4.42 Å². The molecule has 64 valence electrons. The Morgan fingerprint density at radius 3 is 3.17 bits per heavy atom. The Morgan fingerprint density at radius 2 is 2.42 bits per heavy atom. The number of halogens is 1. The van der Waals surface area contributed by atoms with Crippen LogP contribution in [0.15, 0.2) is 21.2 Å². The number of hydrogen-bond acceptors (Lipinski definition) is 1. The fourth-order valence-electron chi connectivity index (χ4n) is 1.67. The lowest BCUT2D eigenvalue weighted by Gasteiger charge is -1.98. The van der Waals surface area contributed by atoms with Crippen LogP contribution in [0.4, 0.5) is 0 Å². The first-order chi connectivity index (χ1) is 5.83. The molecule has 0 saturated carbocycles. The molecule has 12 heavy (non-hydrogen) atoms. The second-order valence-electron chi connectivity index (χ2n) is 3.07. The zero-order chi connectivity index (χ0) is 8.55. The van der Waals surface area contributed by atoms with E-state index in [9.17, 15) is 0 Å². The SMILES string of the molecule is CCCC1=CCc2occ(Br)c21. The number of allylic oxidation sites excluding steroid dienone is 2. The van der Waals surface area contributed by atoms with Crippen LogP contribution in [-0.2, 0) is 6.42 Å². The van der Waals surface area contributed by atoms with E-state index in [1.165, 1.54) is 17.6 Å². The second kappa shape index (κ2) is 3.09. The van der Waals surface area contributed by atoms with Crippen molar-refractivity contribution in [1.29, 1.82) is 0 Å². The van der Waals surface area contributed by atoms with Crippen molar-refractivity contribution in [2.24, 2.45) is 0 Å². The Morgan fingerprint density at radius 1 is 1.58 bits per heavy atom. The van der Waals surface area contributed by atoms with Gasteiger partial charge in [0.25, 0.3) is 0 Å². The van der Waals surface area contributed by atoms with Gasteiger partial charge in [-0.25, -0.2) is 0 Å². The molecule has 1 aliphatic rings. The summed E-state index contributed by atoms with van der Waals surface area (Å²) in [7, 11) is 0. The van der Waals surface area contributed by atoms with Gasteiger partial charge in [0.2, 0.25) is 0 Å². The minimum atomic E-state index is 0.969. The van der Waals surface area contributed by atoms with E-state index in [0.29, 0.717) is 0 Å². The van der Waals surface area contributed by atoms with Crippen molar-refractivity contribution in [2.45, 2.75) is 26.2 Å². The molecule has 1 aliphatic carbocycles. The van der Waals surface area contributed by atoms with Gasteiger partial charge in [0.15, 0.2) is 0 Å². The number of hydrogen-bond donors (Lipinski definition) is 0. The van der Waals surface area contributed by atoms with Gasteiger partial charge in [0.05, 0.1) is 4.47 Å². The summed E-state index contributed by atoms with van der Waals surface area (Å²) in [5.74, 6) is 1.12. The lowest BCUT2D eigenvalue weighted by molar-refractivity contribution is 0.523. The first-order valence-electron chi connectivity index (χ1n) is 4.28. The summed E-state index contributed by atoms with van der Waals surface area (Å²) in [4.78, 5) is 0. The molecule has 2 rings (SSSR count). The number of rotatable bonds is 2. The van der Waals surface area contributed by atoms with Crippen LogP contribution >= 0.6 is 15.9 Å². The van der Waals surface area contributed by atoms with E-state index in [1.54, 1.807) is 6.26 Å². The standard InChI is InChI=1S/C10H11BrO/c1-2-3-7-4-5-9-10(7)8(11)6-12-9/h4,6H,2-3,5H2,1H3. The molecule has 2 heteroatoms. The minimum absolute atomic E-state index is 0.969. The Bertz CT molecular complexity index is 323. The zero-order valence-electron chi connectivity index (χ0n) is 7.06. The molecular weight excluding hydrogens is 216 g/mol. The summed E-state index contributed by atoms with van der Waals surface area (Å²) in [6, 6.07) is 0. The van der Waals surface area contributed by atoms with Gasteiger partial charge in [-0.3, -0.25) is 0 Å². The zero-order valence-corrected chi connectivity index (χ0v) is 8.65. The van der Waals surface area contributed by atoms with Gasteiger partial charge in [-0.05, 0) is 27.9 Å². The summed E-state index contributed by atoms with van der Waals surface area (Å²) >= 11 is 3.49. The van der Waals surface area contributed by atoms with Crippen LogP contribution in [0.25, 0.3) is 5.57 Å². The summed E-state index contributed by atoms with van der Waals surface area (Å²) < 4.78 is 6.49. The molecule has 0 fully saturated rings. The van der Waals surface area contributed by atoms with Crippen LogP contribution in [0, 0.1) is 0 Å². The van der Waals surface area contributed by atoms with E-state index in [-0.39, 0.29) is 0 Å². The molecule has 0 atom stereocenters.